The molecule has 0 saturated heterocycles. The van der Waals surface area contributed by atoms with Crippen molar-refractivity contribution in [2.45, 2.75) is 388 Å². The van der Waals surface area contributed by atoms with Gasteiger partial charge in [-0.2, -0.15) is 0 Å². The summed E-state index contributed by atoms with van der Waals surface area (Å²) in [4.78, 5) is 72.7. The molecule has 0 aromatic carbocycles. The van der Waals surface area contributed by atoms with E-state index in [4.69, 9.17) is 37.0 Å². The third kappa shape index (κ3) is 67.0. The van der Waals surface area contributed by atoms with Crippen LogP contribution in [0.4, 0.5) is 0 Å². The van der Waals surface area contributed by atoms with Crippen LogP contribution in [0.5, 0.6) is 0 Å². The van der Waals surface area contributed by atoms with Crippen LogP contribution in [0.1, 0.15) is 370 Å². The van der Waals surface area contributed by atoms with Crippen molar-refractivity contribution < 1.29 is 80.2 Å². The number of hydrogen-bond acceptors (Lipinski definition) is 15. The SMILES string of the molecule is CCC(C)CCCCCCCCCCC(=O)O[C@H](COC(=O)CCCCCCCCC(C)C)COP(=O)(O)OC[C@H](O)COP(=O)(O)OC[C@@H](COC(=O)CCCCCCCCCCCCCCCCC(C)C)OC(=O)CCCCCCCCCCCCCCC(C)C. The molecular weight excluding hydrogens is 1220 g/mol. The van der Waals surface area contributed by atoms with E-state index >= 15 is 0 Å². The highest BCUT2D eigenvalue weighted by Gasteiger charge is 2.30. The summed E-state index contributed by atoms with van der Waals surface area (Å²) in [6.07, 6.45) is 47.3. The first kappa shape index (κ1) is 91.1. The quantitative estimate of drug-likeness (QED) is 0.0222. The van der Waals surface area contributed by atoms with Crippen LogP contribution in [0.2, 0.25) is 0 Å². The number of aliphatic hydroxyl groups excluding tert-OH is 1. The Bertz CT molecular complexity index is 1840. The molecule has 0 spiro atoms. The minimum Gasteiger partial charge on any atom is -0.462 e. The Kier molecular flexibility index (Phi) is 62.2. The molecule has 19 heteroatoms. The molecule has 0 aliphatic carbocycles. The molecular formula is C74H144O17P2. The zero-order valence-corrected chi connectivity index (χ0v) is 62.7. The lowest BCUT2D eigenvalue weighted by Gasteiger charge is -2.21. The van der Waals surface area contributed by atoms with Crippen molar-refractivity contribution in [3.63, 3.8) is 0 Å². The van der Waals surface area contributed by atoms with Crippen molar-refractivity contribution in [2.75, 3.05) is 39.6 Å². The number of unbranched alkanes of at least 4 members (excludes halogenated alkanes) is 36. The predicted molar refractivity (Wildman–Crippen MR) is 377 cm³/mol. The van der Waals surface area contributed by atoms with Crippen molar-refractivity contribution in [3.05, 3.63) is 0 Å². The van der Waals surface area contributed by atoms with Gasteiger partial charge in [-0.05, 0) is 49.4 Å². The summed E-state index contributed by atoms with van der Waals surface area (Å²) in [7, 11) is -9.91. The van der Waals surface area contributed by atoms with Crippen molar-refractivity contribution >= 4 is 39.5 Å². The van der Waals surface area contributed by atoms with E-state index in [1.54, 1.807) is 0 Å². The number of esters is 4. The average Bonchev–Trinajstić information content (AvgIpc) is 2.91. The van der Waals surface area contributed by atoms with Crippen molar-refractivity contribution in [2.24, 2.45) is 23.7 Å². The first-order valence-corrected chi connectivity index (χ1v) is 41.2. The van der Waals surface area contributed by atoms with Crippen molar-refractivity contribution in [1.82, 2.24) is 0 Å². The number of rotatable bonds is 71. The Morgan fingerprint density at radius 1 is 0.301 bits per heavy atom. The smallest absolute Gasteiger partial charge is 0.462 e. The van der Waals surface area contributed by atoms with Gasteiger partial charge in [0, 0.05) is 25.7 Å². The summed E-state index contributed by atoms with van der Waals surface area (Å²) in [5, 5.41) is 10.6. The standard InChI is InChI=1S/C74H144O17P2/c1-9-67(8)53-45-37-28-24-25-31-41-49-57-74(79)91-70(61-85-72(77)55-47-39-33-32-36-44-52-66(6)7)63-89-93(82,83)87-59-68(75)58-86-92(80,81)88-62-69(90-73(78)56-48-40-30-23-19-15-14-17-21-27-35-43-51-65(4)5)60-84-71(76)54-46-38-29-22-18-13-11-10-12-16-20-26-34-42-50-64(2)3/h64-70,75H,9-63H2,1-8H3,(H,80,81)(H,82,83)/t67?,68-,69-,70-/m1/s1. The summed E-state index contributed by atoms with van der Waals surface area (Å²) in [6, 6.07) is 0. The maximum atomic E-state index is 13.1. The molecule has 0 aliphatic heterocycles. The Morgan fingerprint density at radius 3 is 0.763 bits per heavy atom. The van der Waals surface area contributed by atoms with Crippen LogP contribution in [0.15, 0.2) is 0 Å². The van der Waals surface area contributed by atoms with Gasteiger partial charge < -0.3 is 33.8 Å². The normalized spacial score (nSPS) is 14.5. The summed E-state index contributed by atoms with van der Waals surface area (Å²) < 4.78 is 68.4. The van der Waals surface area contributed by atoms with E-state index in [-0.39, 0.29) is 25.7 Å². The molecule has 0 heterocycles. The van der Waals surface area contributed by atoms with Crippen molar-refractivity contribution in [1.29, 1.82) is 0 Å². The summed E-state index contributed by atoms with van der Waals surface area (Å²) in [5.41, 5.74) is 0. The largest absolute Gasteiger partial charge is 0.472 e. The maximum absolute atomic E-state index is 13.1. The van der Waals surface area contributed by atoms with Crippen LogP contribution in [-0.2, 0) is 65.4 Å². The van der Waals surface area contributed by atoms with Gasteiger partial charge in [0.1, 0.15) is 19.3 Å². The van der Waals surface area contributed by atoms with Gasteiger partial charge in [0.05, 0.1) is 26.4 Å². The fourth-order valence-electron chi connectivity index (χ4n) is 11.2. The van der Waals surface area contributed by atoms with Gasteiger partial charge in [0.2, 0.25) is 0 Å². The summed E-state index contributed by atoms with van der Waals surface area (Å²) in [6.45, 7) is 14.1. The second-order valence-electron chi connectivity index (χ2n) is 28.4. The summed E-state index contributed by atoms with van der Waals surface area (Å²) in [5.74, 6) is 0.899. The number of hydrogen-bond donors (Lipinski definition) is 3. The monoisotopic (exact) mass is 1370 g/mol. The molecule has 0 aromatic heterocycles. The van der Waals surface area contributed by atoms with Gasteiger partial charge in [-0.25, -0.2) is 9.13 Å². The molecule has 0 aromatic rings. The molecule has 0 rings (SSSR count). The van der Waals surface area contributed by atoms with Gasteiger partial charge in [-0.3, -0.25) is 37.3 Å². The third-order valence-electron chi connectivity index (χ3n) is 17.4. The van der Waals surface area contributed by atoms with E-state index in [1.165, 1.54) is 167 Å². The fraction of sp³-hybridized carbons (Fsp3) is 0.946. The first-order valence-electron chi connectivity index (χ1n) is 38.2. The lowest BCUT2D eigenvalue weighted by molar-refractivity contribution is -0.161. The molecule has 0 bridgehead atoms. The molecule has 3 N–H and O–H groups in total. The molecule has 552 valence electrons. The molecule has 93 heavy (non-hydrogen) atoms. The minimum atomic E-state index is -4.96. The van der Waals surface area contributed by atoms with Gasteiger partial charge >= 0.3 is 39.5 Å². The molecule has 0 fully saturated rings. The van der Waals surface area contributed by atoms with E-state index in [2.05, 4.69) is 55.4 Å². The molecule has 0 saturated carbocycles. The number of phosphoric ester groups is 2. The first-order chi connectivity index (χ1) is 44.6. The number of phosphoric acid groups is 2. The van der Waals surface area contributed by atoms with Crippen LogP contribution >= 0.6 is 15.6 Å². The average molecular weight is 1370 g/mol. The molecule has 0 aliphatic rings. The Hall–Kier alpha value is -1.94. The number of aliphatic hydroxyl groups is 1. The molecule has 0 radical (unpaired) electrons. The third-order valence-corrected chi connectivity index (χ3v) is 19.3. The van der Waals surface area contributed by atoms with Crippen LogP contribution in [0, 0.1) is 23.7 Å². The number of carbonyl (C=O) groups is 4. The van der Waals surface area contributed by atoms with E-state index < -0.39 is 97.5 Å². The topological polar surface area (TPSA) is 237 Å². The zero-order chi connectivity index (χ0) is 68.9. The van der Waals surface area contributed by atoms with E-state index in [0.717, 1.165) is 114 Å². The lowest BCUT2D eigenvalue weighted by Crippen LogP contribution is -2.30. The van der Waals surface area contributed by atoms with Gasteiger partial charge in [-0.1, -0.05) is 319 Å². The highest BCUT2D eigenvalue weighted by molar-refractivity contribution is 7.47. The van der Waals surface area contributed by atoms with E-state index in [0.29, 0.717) is 31.6 Å². The van der Waals surface area contributed by atoms with E-state index in [9.17, 15) is 43.2 Å². The van der Waals surface area contributed by atoms with Gasteiger partial charge in [0.15, 0.2) is 12.2 Å². The predicted octanol–water partition coefficient (Wildman–Crippen LogP) is 21.3. The maximum Gasteiger partial charge on any atom is 0.472 e. The highest BCUT2D eigenvalue weighted by atomic mass is 31.2. The number of ether oxygens (including phenoxy) is 4. The fourth-order valence-corrected chi connectivity index (χ4v) is 12.7. The van der Waals surface area contributed by atoms with Crippen LogP contribution < -0.4 is 0 Å². The number of carbonyl (C=O) groups excluding carboxylic acids is 4. The Balaban J connectivity index is 5.24. The van der Waals surface area contributed by atoms with E-state index in [1.807, 2.05) is 0 Å². The zero-order valence-electron chi connectivity index (χ0n) is 60.9. The Morgan fingerprint density at radius 2 is 0.516 bits per heavy atom. The second kappa shape index (κ2) is 63.5. The lowest BCUT2D eigenvalue weighted by atomic mass is 9.99. The summed E-state index contributed by atoms with van der Waals surface area (Å²) >= 11 is 0. The minimum absolute atomic E-state index is 0.104. The molecule has 0 amide bonds. The molecule has 3 unspecified atom stereocenters. The van der Waals surface area contributed by atoms with Gasteiger partial charge in [0.25, 0.3) is 0 Å². The van der Waals surface area contributed by atoms with Crippen LogP contribution in [0.25, 0.3) is 0 Å². The highest BCUT2D eigenvalue weighted by Crippen LogP contribution is 2.45. The van der Waals surface area contributed by atoms with Gasteiger partial charge in [-0.15, -0.1) is 0 Å². The Labute approximate surface area is 568 Å². The molecule has 17 nitrogen and oxygen atoms in total. The molecule has 6 atom stereocenters. The van der Waals surface area contributed by atoms with Crippen LogP contribution in [-0.4, -0.2) is 96.7 Å². The second-order valence-corrected chi connectivity index (χ2v) is 31.3. The van der Waals surface area contributed by atoms with Crippen LogP contribution in [0.3, 0.4) is 0 Å². The van der Waals surface area contributed by atoms with Crippen molar-refractivity contribution in [3.8, 4) is 0 Å².